The summed E-state index contributed by atoms with van der Waals surface area (Å²) in [6.45, 7) is 1.54. The van der Waals surface area contributed by atoms with Gasteiger partial charge >= 0.3 is 0 Å². The maximum atomic E-state index is 13.3. The molecule has 3 rings (SSSR count). The molecule has 2 unspecified atom stereocenters. The van der Waals surface area contributed by atoms with Crippen LogP contribution in [0.5, 0.6) is 5.75 Å². The summed E-state index contributed by atoms with van der Waals surface area (Å²) in [5.74, 6) is -0.140. The summed E-state index contributed by atoms with van der Waals surface area (Å²) in [6.07, 6.45) is 2.62. The van der Waals surface area contributed by atoms with Crippen molar-refractivity contribution in [3.05, 3.63) is 30.1 Å². The SMILES string of the molecule is O=C(CN1CCCCC1=O)NC1COCCC1Oc1cccc(F)c1. The molecular weight excluding hydrogens is 327 g/mol. The van der Waals surface area contributed by atoms with Crippen LogP contribution in [-0.2, 0) is 14.3 Å². The van der Waals surface area contributed by atoms with E-state index in [9.17, 15) is 14.0 Å². The molecule has 1 N–H and O–H groups in total. The van der Waals surface area contributed by atoms with Crippen LogP contribution in [0.15, 0.2) is 24.3 Å². The number of halogens is 1. The molecule has 2 saturated heterocycles. The number of hydrogen-bond acceptors (Lipinski definition) is 4. The minimum absolute atomic E-state index is 0.0221. The molecule has 2 heterocycles. The molecule has 0 aromatic heterocycles. The number of benzene rings is 1. The molecule has 2 amide bonds. The van der Waals surface area contributed by atoms with E-state index in [1.807, 2.05) is 0 Å². The Bertz CT molecular complexity index is 625. The summed E-state index contributed by atoms with van der Waals surface area (Å²) in [5.41, 5.74) is 0. The predicted octanol–water partition coefficient (Wildman–Crippen LogP) is 1.49. The first-order valence-corrected chi connectivity index (χ1v) is 8.69. The van der Waals surface area contributed by atoms with E-state index in [4.69, 9.17) is 9.47 Å². The highest BCUT2D eigenvalue weighted by molar-refractivity contribution is 5.85. The zero-order valence-electron chi connectivity index (χ0n) is 14.1. The van der Waals surface area contributed by atoms with Crippen molar-refractivity contribution < 1.29 is 23.5 Å². The van der Waals surface area contributed by atoms with E-state index < -0.39 is 0 Å². The number of piperidine rings is 1. The molecule has 0 spiro atoms. The molecule has 0 bridgehead atoms. The molecule has 0 saturated carbocycles. The van der Waals surface area contributed by atoms with Crippen LogP contribution in [0.4, 0.5) is 4.39 Å². The molecular formula is C18H23FN2O4. The van der Waals surface area contributed by atoms with Crippen LogP contribution in [0.1, 0.15) is 25.7 Å². The number of nitrogens with one attached hydrogen (secondary N) is 1. The van der Waals surface area contributed by atoms with E-state index in [0.29, 0.717) is 38.3 Å². The Balaban J connectivity index is 1.56. The Hall–Kier alpha value is -2.15. The van der Waals surface area contributed by atoms with Crippen molar-refractivity contribution in [3.8, 4) is 5.75 Å². The van der Waals surface area contributed by atoms with Gasteiger partial charge in [0.05, 0.1) is 25.8 Å². The van der Waals surface area contributed by atoms with E-state index in [0.717, 1.165) is 12.8 Å². The average molecular weight is 350 g/mol. The van der Waals surface area contributed by atoms with Crippen molar-refractivity contribution in [2.45, 2.75) is 37.8 Å². The zero-order valence-corrected chi connectivity index (χ0v) is 14.1. The van der Waals surface area contributed by atoms with E-state index >= 15 is 0 Å². The summed E-state index contributed by atoms with van der Waals surface area (Å²) in [6, 6.07) is 5.61. The highest BCUT2D eigenvalue weighted by atomic mass is 19.1. The molecule has 2 atom stereocenters. The lowest BCUT2D eigenvalue weighted by molar-refractivity contribution is -0.138. The van der Waals surface area contributed by atoms with Gasteiger partial charge in [0.1, 0.15) is 17.7 Å². The molecule has 6 nitrogen and oxygen atoms in total. The van der Waals surface area contributed by atoms with Crippen LogP contribution in [0.25, 0.3) is 0 Å². The van der Waals surface area contributed by atoms with Gasteiger partial charge in [-0.1, -0.05) is 6.07 Å². The van der Waals surface area contributed by atoms with Crippen LogP contribution in [0, 0.1) is 5.82 Å². The number of nitrogens with zero attached hydrogens (tertiary/aromatic N) is 1. The molecule has 7 heteroatoms. The molecule has 1 aromatic rings. The number of rotatable bonds is 5. The largest absolute Gasteiger partial charge is 0.488 e. The molecule has 2 fully saturated rings. The van der Waals surface area contributed by atoms with Crippen LogP contribution < -0.4 is 10.1 Å². The summed E-state index contributed by atoms with van der Waals surface area (Å²) in [5, 5.41) is 2.90. The maximum absolute atomic E-state index is 13.3. The molecule has 0 aliphatic carbocycles. The van der Waals surface area contributed by atoms with Crippen LogP contribution >= 0.6 is 0 Å². The lowest BCUT2D eigenvalue weighted by Gasteiger charge is -2.33. The first-order valence-electron chi connectivity index (χ1n) is 8.69. The van der Waals surface area contributed by atoms with Crippen molar-refractivity contribution in [2.75, 3.05) is 26.3 Å². The van der Waals surface area contributed by atoms with Gasteiger partial charge in [-0.3, -0.25) is 9.59 Å². The number of amides is 2. The summed E-state index contributed by atoms with van der Waals surface area (Å²) in [7, 11) is 0. The van der Waals surface area contributed by atoms with Crippen molar-refractivity contribution in [3.63, 3.8) is 0 Å². The van der Waals surface area contributed by atoms with Gasteiger partial charge in [0, 0.05) is 25.5 Å². The smallest absolute Gasteiger partial charge is 0.240 e. The van der Waals surface area contributed by atoms with Crippen molar-refractivity contribution >= 4 is 11.8 Å². The van der Waals surface area contributed by atoms with E-state index in [1.165, 1.54) is 12.1 Å². The van der Waals surface area contributed by atoms with Gasteiger partial charge in [0.25, 0.3) is 0 Å². The summed E-state index contributed by atoms with van der Waals surface area (Å²) in [4.78, 5) is 25.7. The van der Waals surface area contributed by atoms with Crippen LogP contribution in [-0.4, -0.2) is 55.2 Å². The lowest BCUT2D eigenvalue weighted by Crippen LogP contribution is -2.54. The van der Waals surface area contributed by atoms with Gasteiger partial charge in [-0.25, -0.2) is 4.39 Å². The Labute approximate surface area is 146 Å². The van der Waals surface area contributed by atoms with Crippen LogP contribution in [0.3, 0.4) is 0 Å². The number of carbonyl (C=O) groups excluding carboxylic acids is 2. The second-order valence-corrected chi connectivity index (χ2v) is 6.42. The topological polar surface area (TPSA) is 67.9 Å². The quantitative estimate of drug-likeness (QED) is 0.874. The summed E-state index contributed by atoms with van der Waals surface area (Å²) < 4.78 is 24.6. The van der Waals surface area contributed by atoms with Gasteiger partial charge in [-0.15, -0.1) is 0 Å². The minimum Gasteiger partial charge on any atom is -0.488 e. The number of hydrogen-bond donors (Lipinski definition) is 1. The lowest BCUT2D eigenvalue weighted by atomic mass is 10.1. The highest BCUT2D eigenvalue weighted by Gasteiger charge is 2.30. The molecule has 136 valence electrons. The first kappa shape index (κ1) is 17.7. The fourth-order valence-corrected chi connectivity index (χ4v) is 3.16. The molecule has 2 aliphatic rings. The highest BCUT2D eigenvalue weighted by Crippen LogP contribution is 2.19. The second kappa shape index (κ2) is 8.29. The normalized spacial score (nSPS) is 24.0. The van der Waals surface area contributed by atoms with E-state index in [1.54, 1.807) is 17.0 Å². The second-order valence-electron chi connectivity index (χ2n) is 6.42. The van der Waals surface area contributed by atoms with Gasteiger partial charge in [0.15, 0.2) is 0 Å². The average Bonchev–Trinajstić information content (AvgIpc) is 2.59. The number of ether oxygens (including phenoxy) is 2. The van der Waals surface area contributed by atoms with Crippen molar-refractivity contribution in [2.24, 2.45) is 0 Å². The molecule has 0 radical (unpaired) electrons. The predicted molar refractivity (Wildman–Crippen MR) is 88.6 cm³/mol. The van der Waals surface area contributed by atoms with Crippen molar-refractivity contribution in [1.82, 2.24) is 10.2 Å². The van der Waals surface area contributed by atoms with Gasteiger partial charge in [-0.05, 0) is 25.0 Å². The first-order chi connectivity index (χ1) is 12.1. The van der Waals surface area contributed by atoms with Gasteiger partial charge in [0.2, 0.25) is 11.8 Å². The Morgan fingerprint density at radius 1 is 1.40 bits per heavy atom. The summed E-state index contributed by atoms with van der Waals surface area (Å²) >= 11 is 0. The number of likely N-dealkylation sites (tertiary alicyclic amines) is 1. The Morgan fingerprint density at radius 3 is 3.08 bits per heavy atom. The third-order valence-corrected chi connectivity index (χ3v) is 4.48. The minimum atomic E-state index is -0.367. The monoisotopic (exact) mass is 350 g/mol. The van der Waals surface area contributed by atoms with Gasteiger partial charge in [-0.2, -0.15) is 0 Å². The fraction of sp³-hybridized carbons (Fsp3) is 0.556. The van der Waals surface area contributed by atoms with Gasteiger partial charge < -0.3 is 19.7 Å². The molecule has 2 aliphatic heterocycles. The van der Waals surface area contributed by atoms with Crippen molar-refractivity contribution in [1.29, 1.82) is 0 Å². The zero-order chi connectivity index (χ0) is 17.6. The fourth-order valence-electron chi connectivity index (χ4n) is 3.16. The third-order valence-electron chi connectivity index (χ3n) is 4.48. The van der Waals surface area contributed by atoms with Crippen LogP contribution in [0.2, 0.25) is 0 Å². The standard InChI is InChI=1S/C18H23FN2O4/c19-13-4-3-5-14(10-13)25-16-7-9-24-12-15(16)20-17(22)11-21-8-2-1-6-18(21)23/h3-5,10,15-16H,1-2,6-9,11-12H2,(H,20,22). The maximum Gasteiger partial charge on any atom is 0.240 e. The number of carbonyl (C=O) groups is 2. The Morgan fingerprint density at radius 2 is 2.28 bits per heavy atom. The molecule has 25 heavy (non-hydrogen) atoms. The van der Waals surface area contributed by atoms with E-state index in [-0.39, 0.29) is 36.3 Å². The Kier molecular flexibility index (Phi) is 5.86. The molecule has 1 aromatic carbocycles. The van der Waals surface area contributed by atoms with E-state index in [2.05, 4.69) is 5.32 Å². The third kappa shape index (κ3) is 4.92.